The highest BCUT2D eigenvalue weighted by molar-refractivity contribution is 8.23. The largest absolute Gasteiger partial charge is 0.357 e. The molecule has 0 N–H and O–H groups in total. The van der Waals surface area contributed by atoms with Gasteiger partial charge in [-0.1, -0.05) is 29.9 Å². The van der Waals surface area contributed by atoms with E-state index in [9.17, 15) is 0 Å². The highest BCUT2D eigenvalue weighted by atomic mass is 32.2. The standard InChI is InChI=1S/C8H11NS2/c1-2-7-11-8(10)9-5-3-4-6-9/h1H,3-7H2. The van der Waals surface area contributed by atoms with Crippen LogP contribution >= 0.6 is 24.0 Å². The van der Waals surface area contributed by atoms with Crippen LogP contribution in [0.1, 0.15) is 12.8 Å². The number of likely N-dealkylation sites (tertiary alicyclic amines) is 1. The molecule has 0 aliphatic carbocycles. The number of terminal acetylenes is 1. The molecule has 0 aromatic rings. The third-order valence-electron chi connectivity index (χ3n) is 1.64. The first-order valence-electron chi connectivity index (χ1n) is 3.70. The molecule has 11 heavy (non-hydrogen) atoms. The molecule has 1 aliphatic heterocycles. The Hall–Kier alpha value is -0.200. The first kappa shape index (κ1) is 8.89. The zero-order chi connectivity index (χ0) is 8.10. The predicted octanol–water partition coefficient (Wildman–Crippen LogP) is 1.73. The summed E-state index contributed by atoms with van der Waals surface area (Å²) in [6, 6.07) is 0. The van der Waals surface area contributed by atoms with Gasteiger partial charge in [0.05, 0.1) is 5.75 Å². The van der Waals surface area contributed by atoms with E-state index in [1.54, 1.807) is 11.8 Å². The predicted molar refractivity (Wildman–Crippen MR) is 54.7 cm³/mol. The third-order valence-corrected chi connectivity index (χ3v) is 3.07. The molecule has 0 atom stereocenters. The van der Waals surface area contributed by atoms with Crippen LogP contribution in [-0.2, 0) is 0 Å². The average molecular weight is 185 g/mol. The van der Waals surface area contributed by atoms with Gasteiger partial charge in [-0.3, -0.25) is 0 Å². The Kier molecular flexibility index (Phi) is 3.74. The van der Waals surface area contributed by atoms with Crippen LogP contribution in [0.3, 0.4) is 0 Å². The highest BCUT2D eigenvalue weighted by Crippen LogP contribution is 2.15. The van der Waals surface area contributed by atoms with Gasteiger partial charge in [0, 0.05) is 13.1 Å². The Morgan fingerprint density at radius 2 is 2.18 bits per heavy atom. The van der Waals surface area contributed by atoms with Crippen molar-refractivity contribution in [3.8, 4) is 12.3 Å². The molecule has 3 heteroatoms. The number of thioether (sulfide) groups is 1. The molecule has 1 rings (SSSR count). The van der Waals surface area contributed by atoms with Gasteiger partial charge < -0.3 is 4.90 Å². The van der Waals surface area contributed by atoms with Crippen LogP contribution in [0.5, 0.6) is 0 Å². The monoisotopic (exact) mass is 185 g/mol. The minimum absolute atomic E-state index is 0.704. The summed E-state index contributed by atoms with van der Waals surface area (Å²) in [5.74, 6) is 3.27. The number of hydrogen-bond acceptors (Lipinski definition) is 2. The molecule has 1 aliphatic rings. The molecule has 0 spiro atoms. The summed E-state index contributed by atoms with van der Waals surface area (Å²) in [7, 11) is 0. The van der Waals surface area contributed by atoms with Gasteiger partial charge in [-0.15, -0.1) is 6.42 Å². The van der Waals surface area contributed by atoms with Gasteiger partial charge in [0.25, 0.3) is 0 Å². The second-order valence-corrected chi connectivity index (χ2v) is 4.06. The van der Waals surface area contributed by atoms with Crippen LogP contribution in [0.15, 0.2) is 0 Å². The first-order valence-corrected chi connectivity index (χ1v) is 5.09. The SMILES string of the molecule is C#CCSC(=S)N1CCCC1. The van der Waals surface area contributed by atoms with Crippen molar-refractivity contribution in [1.29, 1.82) is 0 Å². The van der Waals surface area contributed by atoms with Crippen LogP contribution < -0.4 is 0 Å². The summed E-state index contributed by atoms with van der Waals surface area (Å²) in [4.78, 5) is 2.23. The summed E-state index contributed by atoms with van der Waals surface area (Å²) in [6.07, 6.45) is 7.68. The molecular formula is C8H11NS2. The van der Waals surface area contributed by atoms with E-state index in [0.29, 0.717) is 5.75 Å². The molecule has 0 aromatic heterocycles. The number of nitrogens with zero attached hydrogens (tertiary/aromatic N) is 1. The van der Waals surface area contributed by atoms with Crippen molar-refractivity contribution in [2.75, 3.05) is 18.8 Å². The summed E-state index contributed by atoms with van der Waals surface area (Å²) < 4.78 is 0.973. The van der Waals surface area contributed by atoms with E-state index >= 15 is 0 Å². The van der Waals surface area contributed by atoms with Crippen molar-refractivity contribution in [3.63, 3.8) is 0 Å². The average Bonchev–Trinajstić information content (AvgIpc) is 2.52. The van der Waals surface area contributed by atoms with Gasteiger partial charge in [0.1, 0.15) is 4.32 Å². The minimum atomic E-state index is 0.704. The first-order chi connectivity index (χ1) is 5.34. The molecule has 0 radical (unpaired) electrons. The van der Waals surface area contributed by atoms with Crippen molar-refractivity contribution in [1.82, 2.24) is 4.90 Å². The van der Waals surface area contributed by atoms with Gasteiger partial charge >= 0.3 is 0 Å². The van der Waals surface area contributed by atoms with Crippen molar-refractivity contribution < 1.29 is 0 Å². The second-order valence-electron chi connectivity index (χ2n) is 2.45. The van der Waals surface area contributed by atoms with Gasteiger partial charge in [0.15, 0.2) is 0 Å². The van der Waals surface area contributed by atoms with Crippen molar-refractivity contribution in [2.24, 2.45) is 0 Å². The number of thiocarbonyl (C=S) groups is 1. The fourth-order valence-electron chi connectivity index (χ4n) is 1.09. The van der Waals surface area contributed by atoms with Crippen LogP contribution in [0, 0.1) is 12.3 Å². The zero-order valence-electron chi connectivity index (χ0n) is 6.38. The van der Waals surface area contributed by atoms with Crippen LogP contribution in [0.4, 0.5) is 0 Å². The Bertz CT molecular complexity index is 177. The maximum absolute atomic E-state index is 5.17. The molecule has 1 fully saturated rings. The summed E-state index contributed by atoms with van der Waals surface area (Å²) >= 11 is 6.77. The van der Waals surface area contributed by atoms with E-state index in [0.717, 1.165) is 17.4 Å². The van der Waals surface area contributed by atoms with E-state index in [4.69, 9.17) is 18.6 Å². The Balaban J connectivity index is 2.24. The molecule has 1 nitrogen and oxygen atoms in total. The van der Waals surface area contributed by atoms with Gasteiger partial charge in [-0.05, 0) is 12.8 Å². The quantitative estimate of drug-likeness (QED) is 0.452. The Morgan fingerprint density at radius 1 is 1.55 bits per heavy atom. The molecule has 1 heterocycles. The highest BCUT2D eigenvalue weighted by Gasteiger charge is 2.13. The van der Waals surface area contributed by atoms with E-state index < -0.39 is 0 Å². The molecule has 0 saturated carbocycles. The Morgan fingerprint density at radius 3 is 2.73 bits per heavy atom. The van der Waals surface area contributed by atoms with Crippen molar-refractivity contribution in [3.05, 3.63) is 0 Å². The second kappa shape index (κ2) is 4.63. The van der Waals surface area contributed by atoms with Crippen LogP contribution in [-0.4, -0.2) is 28.1 Å². The third kappa shape index (κ3) is 2.72. The maximum atomic E-state index is 5.17. The lowest BCUT2D eigenvalue weighted by Crippen LogP contribution is -2.23. The normalized spacial score (nSPS) is 16.5. The van der Waals surface area contributed by atoms with Gasteiger partial charge in [0.2, 0.25) is 0 Å². The lowest BCUT2D eigenvalue weighted by atomic mass is 10.4. The van der Waals surface area contributed by atoms with Gasteiger partial charge in [-0.25, -0.2) is 0 Å². The lowest BCUT2D eigenvalue weighted by molar-refractivity contribution is 0.539. The van der Waals surface area contributed by atoms with Gasteiger partial charge in [-0.2, -0.15) is 0 Å². The van der Waals surface area contributed by atoms with Crippen LogP contribution in [0.25, 0.3) is 0 Å². The van der Waals surface area contributed by atoms with E-state index in [1.165, 1.54) is 12.8 Å². The molecule has 60 valence electrons. The molecule has 0 amide bonds. The van der Waals surface area contributed by atoms with Crippen LogP contribution in [0.2, 0.25) is 0 Å². The number of rotatable bonds is 1. The fourth-order valence-corrected chi connectivity index (χ4v) is 2.03. The molecule has 1 saturated heterocycles. The smallest absolute Gasteiger partial charge is 0.137 e. The topological polar surface area (TPSA) is 3.24 Å². The molecule has 0 bridgehead atoms. The molecular weight excluding hydrogens is 174 g/mol. The Labute approximate surface area is 77.5 Å². The van der Waals surface area contributed by atoms with Crippen molar-refractivity contribution >= 4 is 28.3 Å². The van der Waals surface area contributed by atoms with E-state index in [2.05, 4.69) is 10.8 Å². The lowest BCUT2D eigenvalue weighted by Gasteiger charge is -2.16. The zero-order valence-corrected chi connectivity index (χ0v) is 8.01. The fraction of sp³-hybridized carbons (Fsp3) is 0.625. The maximum Gasteiger partial charge on any atom is 0.137 e. The minimum Gasteiger partial charge on any atom is -0.357 e. The molecule has 0 aromatic carbocycles. The number of hydrogen-bond donors (Lipinski definition) is 0. The van der Waals surface area contributed by atoms with E-state index in [-0.39, 0.29) is 0 Å². The molecule has 0 unspecified atom stereocenters. The van der Waals surface area contributed by atoms with Crippen molar-refractivity contribution in [2.45, 2.75) is 12.8 Å². The summed E-state index contributed by atoms with van der Waals surface area (Å²) in [5, 5.41) is 0. The summed E-state index contributed by atoms with van der Waals surface area (Å²) in [5.41, 5.74) is 0. The summed E-state index contributed by atoms with van der Waals surface area (Å²) in [6.45, 7) is 2.24. The van der Waals surface area contributed by atoms with E-state index in [1.807, 2.05) is 0 Å².